The smallest absolute Gasteiger partial charge is 0.336 e. The van der Waals surface area contributed by atoms with E-state index in [4.69, 9.17) is 4.74 Å². The maximum absolute atomic E-state index is 12.1. The van der Waals surface area contributed by atoms with Crippen LogP contribution in [-0.2, 0) is 4.79 Å². The van der Waals surface area contributed by atoms with Gasteiger partial charge in [0.05, 0.1) is 11.1 Å². The first-order valence-corrected chi connectivity index (χ1v) is 9.90. The van der Waals surface area contributed by atoms with Gasteiger partial charge in [-0.3, -0.25) is 4.79 Å². The average molecular weight is 455 g/mol. The molecule has 0 spiro atoms. The summed E-state index contributed by atoms with van der Waals surface area (Å²) in [6.07, 6.45) is 4.47. The van der Waals surface area contributed by atoms with Gasteiger partial charge in [0, 0.05) is 16.1 Å². The van der Waals surface area contributed by atoms with Crippen LogP contribution >= 0.6 is 27.3 Å². The number of halogens is 1. The van der Waals surface area contributed by atoms with Crippen LogP contribution in [0.2, 0.25) is 0 Å². The third-order valence-corrected chi connectivity index (χ3v) is 4.87. The number of esters is 1. The van der Waals surface area contributed by atoms with Gasteiger partial charge in [-0.25, -0.2) is 10.2 Å². The molecular formula is C21H15BrN2O3S. The summed E-state index contributed by atoms with van der Waals surface area (Å²) in [4.78, 5) is 24.6. The number of amides is 1. The molecule has 1 N–H and O–H groups in total. The number of hydrogen-bond donors (Lipinski definition) is 1. The third-order valence-electron chi connectivity index (χ3n) is 3.51. The van der Waals surface area contributed by atoms with Crippen LogP contribution in [0.5, 0.6) is 5.75 Å². The lowest BCUT2D eigenvalue weighted by atomic mass is 10.2. The molecule has 0 radical (unpaired) electrons. The van der Waals surface area contributed by atoms with Crippen molar-refractivity contribution in [2.24, 2.45) is 5.10 Å². The Bertz CT molecular complexity index is 1020. The summed E-state index contributed by atoms with van der Waals surface area (Å²) in [5.41, 5.74) is 3.89. The zero-order chi connectivity index (χ0) is 19.8. The predicted molar refractivity (Wildman–Crippen MR) is 115 cm³/mol. The summed E-state index contributed by atoms with van der Waals surface area (Å²) in [5.74, 6) is -0.478. The van der Waals surface area contributed by atoms with Gasteiger partial charge in [0.1, 0.15) is 5.75 Å². The van der Waals surface area contributed by atoms with Crippen molar-refractivity contribution in [2.45, 2.75) is 0 Å². The third kappa shape index (κ3) is 5.73. The van der Waals surface area contributed by atoms with Gasteiger partial charge in [-0.2, -0.15) is 5.10 Å². The normalized spacial score (nSPS) is 11.0. The number of benzene rings is 2. The molecule has 0 saturated heterocycles. The van der Waals surface area contributed by atoms with E-state index in [-0.39, 0.29) is 5.91 Å². The minimum atomic E-state index is -0.511. The number of nitrogens with zero attached hydrogens (tertiary/aromatic N) is 1. The first-order valence-electron chi connectivity index (χ1n) is 8.23. The van der Waals surface area contributed by atoms with Gasteiger partial charge in [0.2, 0.25) is 0 Å². The lowest BCUT2D eigenvalue weighted by molar-refractivity contribution is -0.128. The van der Waals surface area contributed by atoms with Crippen molar-refractivity contribution in [1.29, 1.82) is 0 Å². The highest BCUT2D eigenvalue weighted by atomic mass is 79.9. The van der Waals surface area contributed by atoms with Gasteiger partial charge in [-0.05, 0) is 41.3 Å². The van der Waals surface area contributed by atoms with Crippen molar-refractivity contribution >= 4 is 51.4 Å². The first-order chi connectivity index (χ1) is 13.6. The van der Waals surface area contributed by atoms with Crippen LogP contribution in [-0.4, -0.2) is 18.1 Å². The Morgan fingerprint density at radius 1 is 1.07 bits per heavy atom. The van der Waals surface area contributed by atoms with Crippen molar-refractivity contribution in [1.82, 2.24) is 5.43 Å². The molecule has 0 unspecified atom stereocenters. The van der Waals surface area contributed by atoms with E-state index >= 15 is 0 Å². The van der Waals surface area contributed by atoms with Crippen molar-refractivity contribution < 1.29 is 14.3 Å². The highest BCUT2D eigenvalue weighted by Gasteiger charge is 2.08. The van der Waals surface area contributed by atoms with E-state index in [1.807, 2.05) is 35.7 Å². The molecule has 0 aliphatic heterocycles. The molecule has 0 aliphatic carbocycles. The van der Waals surface area contributed by atoms with Crippen LogP contribution in [0.25, 0.3) is 6.08 Å². The standard InChI is InChI=1S/C21H15BrN2O3S/c22-17-9-10-18(27-20(25)11-8-15-5-2-1-3-6-15)16(13-17)14-23-24-21(26)19-7-4-12-28-19/h1-14H,(H,24,26). The van der Waals surface area contributed by atoms with Gasteiger partial charge >= 0.3 is 5.97 Å². The lowest BCUT2D eigenvalue weighted by Gasteiger charge is -2.06. The number of carbonyl (C=O) groups is 2. The number of ether oxygens (including phenoxy) is 1. The molecule has 0 bridgehead atoms. The van der Waals surface area contributed by atoms with Crippen LogP contribution in [0.4, 0.5) is 0 Å². The van der Waals surface area contributed by atoms with Crippen molar-refractivity contribution in [3.8, 4) is 5.75 Å². The lowest BCUT2D eigenvalue weighted by Crippen LogP contribution is -2.16. The fourth-order valence-corrected chi connectivity index (χ4v) is 3.20. The molecule has 1 aromatic heterocycles. The Kier molecular flexibility index (Phi) is 6.89. The van der Waals surface area contributed by atoms with Gasteiger partial charge in [-0.15, -0.1) is 11.3 Å². The summed E-state index contributed by atoms with van der Waals surface area (Å²) in [5, 5.41) is 5.77. The number of hydrogen-bond acceptors (Lipinski definition) is 5. The van der Waals surface area contributed by atoms with Crippen LogP contribution < -0.4 is 10.2 Å². The van der Waals surface area contributed by atoms with Gasteiger partial charge in [-0.1, -0.05) is 52.3 Å². The molecule has 3 aromatic rings. The molecule has 7 heteroatoms. The monoisotopic (exact) mass is 454 g/mol. The molecule has 28 heavy (non-hydrogen) atoms. The highest BCUT2D eigenvalue weighted by molar-refractivity contribution is 9.10. The highest BCUT2D eigenvalue weighted by Crippen LogP contribution is 2.22. The van der Waals surface area contributed by atoms with Crippen LogP contribution in [0.3, 0.4) is 0 Å². The summed E-state index contributed by atoms with van der Waals surface area (Å²) in [7, 11) is 0. The minimum Gasteiger partial charge on any atom is -0.423 e. The number of thiophene rings is 1. The fourth-order valence-electron chi connectivity index (χ4n) is 2.21. The maximum Gasteiger partial charge on any atom is 0.336 e. The van der Waals surface area contributed by atoms with E-state index in [0.717, 1.165) is 10.0 Å². The van der Waals surface area contributed by atoms with Crippen LogP contribution in [0, 0.1) is 0 Å². The second-order valence-corrected chi connectivity index (χ2v) is 7.39. The predicted octanol–water partition coefficient (Wildman–Crippen LogP) is 4.89. The van der Waals surface area contributed by atoms with Gasteiger partial charge in [0.25, 0.3) is 5.91 Å². The van der Waals surface area contributed by atoms with Gasteiger partial charge < -0.3 is 4.74 Å². The zero-order valence-corrected chi connectivity index (χ0v) is 16.9. The summed E-state index contributed by atoms with van der Waals surface area (Å²) < 4.78 is 6.19. The Hall–Kier alpha value is -3.03. The Morgan fingerprint density at radius 2 is 1.89 bits per heavy atom. The minimum absolute atomic E-state index is 0.300. The van der Waals surface area contributed by atoms with Crippen LogP contribution in [0.15, 0.2) is 81.7 Å². The number of hydrazone groups is 1. The van der Waals surface area contributed by atoms with E-state index in [0.29, 0.717) is 16.2 Å². The van der Waals surface area contributed by atoms with Crippen molar-refractivity contribution in [2.75, 3.05) is 0 Å². The molecule has 3 rings (SSSR count). The van der Waals surface area contributed by atoms with E-state index < -0.39 is 5.97 Å². The van der Waals surface area contributed by atoms with Gasteiger partial charge in [0.15, 0.2) is 0 Å². The maximum atomic E-state index is 12.1. The Balaban J connectivity index is 1.68. The Labute approximate surface area is 174 Å². The van der Waals surface area contributed by atoms with Crippen LogP contribution in [0.1, 0.15) is 20.8 Å². The van der Waals surface area contributed by atoms with Crippen molar-refractivity contribution in [3.05, 3.63) is 92.6 Å². The number of carbonyl (C=O) groups excluding carboxylic acids is 2. The molecular weight excluding hydrogens is 440 g/mol. The fraction of sp³-hybridized carbons (Fsp3) is 0. The van der Waals surface area contributed by atoms with E-state index in [9.17, 15) is 9.59 Å². The SMILES string of the molecule is O=C(C=Cc1ccccc1)Oc1ccc(Br)cc1C=NNC(=O)c1cccs1. The Morgan fingerprint density at radius 3 is 2.64 bits per heavy atom. The first kappa shape index (κ1) is 19.7. The zero-order valence-electron chi connectivity index (χ0n) is 14.5. The molecule has 5 nitrogen and oxygen atoms in total. The second-order valence-electron chi connectivity index (χ2n) is 5.52. The van der Waals surface area contributed by atoms with E-state index in [1.165, 1.54) is 23.6 Å². The summed E-state index contributed by atoms with van der Waals surface area (Å²) in [6, 6.07) is 18.1. The average Bonchev–Trinajstić information content (AvgIpc) is 3.24. The molecule has 1 heterocycles. The molecule has 0 aliphatic rings. The quantitative estimate of drug-likeness (QED) is 0.189. The molecule has 140 valence electrons. The number of nitrogens with one attached hydrogen (secondary N) is 1. The van der Waals surface area contributed by atoms with Crippen molar-refractivity contribution in [3.63, 3.8) is 0 Å². The topological polar surface area (TPSA) is 67.8 Å². The summed E-state index contributed by atoms with van der Waals surface area (Å²) in [6.45, 7) is 0. The summed E-state index contributed by atoms with van der Waals surface area (Å²) >= 11 is 4.70. The molecule has 2 aromatic carbocycles. The molecule has 0 atom stereocenters. The second kappa shape index (κ2) is 9.77. The largest absolute Gasteiger partial charge is 0.423 e. The molecule has 1 amide bonds. The molecule has 0 saturated carbocycles. The van der Waals surface area contributed by atoms with E-state index in [2.05, 4.69) is 26.5 Å². The number of rotatable bonds is 6. The van der Waals surface area contributed by atoms with E-state index in [1.54, 1.807) is 36.4 Å². The molecule has 0 fully saturated rings.